The minimum atomic E-state index is -0.297. The van der Waals surface area contributed by atoms with Crippen LogP contribution in [-0.2, 0) is 11.3 Å². The van der Waals surface area contributed by atoms with E-state index < -0.39 is 0 Å². The third kappa shape index (κ3) is 3.72. The van der Waals surface area contributed by atoms with Gasteiger partial charge < -0.3 is 5.32 Å². The minimum absolute atomic E-state index is 0.0808. The van der Waals surface area contributed by atoms with Gasteiger partial charge in [-0.05, 0) is 37.6 Å². The molecule has 0 radical (unpaired) electrons. The fraction of sp³-hybridized carbons (Fsp3) is 0.300. The molecule has 1 heterocycles. The molecule has 1 N–H and O–H groups in total. The average Bonchev–Trinajstić information content (AvgIpc) is 3.32. The Kier molecular flexibility index (Phi) is 4.51. The molecule has 0 unspecified atom stereocenters. The van der Waals surface area contributed by atoms with Gasteiger partial charge in [0, 0.05) is 6.04 Å². The Morgan fingerprint density at radius 2 is 1.92 bits per heavy atom. The number of carbonyl (C=O) groups is 1. The van der Waals surface area contributed by atoms with E-state index in [-0.39, 0.29) is 11.9 Å². The van der Waals surface area contributed by atoms with Crippen molar-refractivity contribution in [1.82, 2.24) is 15.2 Å². The van der Waals surface area contributed by atoms with Crippen molar-refractivity contribution in [2.45, 2.75) is 31.5 Å². The zero-order valence-corrected chi connectivity index (χ0v) is 15.0. The fourth-order valence-electron chi connectivity index (χ4n) is 3.04. The monoisotopic (exact) mass is 351 g/mol. The van der Waals surface area contributed by atoms with Crippen LogP contribution in [0.15, 0.2) is 54.6 Å². The molecule has 1 fully saturated rings. The predicted octanol–water partition coefficient (Wildman–Crippen LogP) is 3.75. The number of thiazole rings is 1. The lowest BCUT2D eigenvalue weighted by atomic mass is 10.0. The first-order chi connectivity index (χ1) is 12.2. The summed E-state index contributed by atoms with van der Waals surface area (Å²) in [6.45, 7) is 0.650. The van der Waals surface area contributed by atoms with E-state index in [1.807, 2.05) is 55.6 Å². The number of aromatic nitrogens is 1. The summed E-state index contributed by atoms with van der Waals surface area (Å²) in [5, 5.41) is 4.18. The number of rotatable bonds is 6. The van der Waals surface area contributed by atoms with E-state index in [1.54, 1.807) is 11.3 Å². The Morgan fingerprint density at radius 3 is 2.64 bits per heavy atom. The summed E-state index contributed by atoms with van der Waals surface area (Å²) in [6, 6.07) is 18.2. The lowest BCUT2D eigenvalue weighted by Gasteiger charge is -2.26. The minimum Gasteiger partial charge on any atom is -0.352 e. The second kappa shape index (κ2) is 6.94. The topological polar surface area (TPSA) is 45.2 Å². The fourth-order valence-corrected chi connectivity index (χ4v) is 4.07. The van der Waals surface area contributed by atoms with Crippen LogP contribution in [0.5, 0.6) is 0 Å². The van der Waals surface area contributed by atoms with Gasteiger partial charge in [0.2, 0.25) is 5.91 Å². The number of hydrogen-bond acceptors (Lipinski definition) is 4. The SMILES string of the molecule is CN(Cc1nc2ccccc2s1)[C@H](C(=O)NC1CC1)c1ccccc1. The van der Waals surface area contributed by atoms with Crippen LogP contribution in [0.3, 0.4) is 0 Å². The molecule has 0 spiro atoms. The van der Waals surface area contributed by atoms with Crippen molar-refractivity contribution in [2.75, 3.05) is 7.05 Å². The Balaban J connectivity index is 1.57. The Labute approximate surface area is 151 Å². The van der Waals surface area contributed by atoms with E-state index >= 15 is 0 Å². The number of nitrogens with zero attached hydrogens (tertiary/aromatic N) is 2. The Hall–Kier alpha value is -2.24. The molecule has 1 saturated carbocycles. The maximum Gasteiger partial charge on any atom is 0.242 e. The molecule has 25 heavy (non-hydrogen) atoms. The third-order valence-corrected chi connectivity index (χ3v) is 5.47. The van der Waals surface area contributed by atoms with E-state index in [1.165, 1.54) is 4.70 Å². The maximum absolute atomic E-state index is 12.8. The predicted molar refractivity (Wildman–Crippen MR) is 101 cm³/mol. The van der Waals surface area contributed by atoms with Gasteiger partial charge >= 0.3 is 0 Å². The van der Waals surface area contributed by atoms with Gasteiger partial charge in [0.05, 0.1) is 16.8 Å². The zero-order valence-electron chi connectivity index (χ0n) is 14.2. The molecule has 2 aromatic carbocycles. The smallest absolute Gasteiger partial charge is 0.242 e. The zero-order chi connectivity index (χ0) is 17.2. The quantitative estimate of drug-likeness (QED) is 0.736. The molecular weight excluding hydrogens is 330 g/mol. The van der Waals surface area contributed by atoms with E-state index in [4.69, 9.17) is 4.98 Å². The number of likely N-dealkylation sites (N-methyl/N-ethyl adjacent to an activating group) is 1. The van der Waals surface area contributed by atoms with Crippen molar-refractivity contribution >= 4 is 27.5 Å². The Bertz CT molecular complexity index is 840. The summed E-state index contributed by atoms with van der Waals surface area (Å²) < 4.78 is 1.18. The van der Waals surface area contributed by atoms with Crippen LogP contribution in [-0.4, -0.2) is 28.9 Å². The van der Waals surface area contributed by atoms with Gasteiger partial charge in [0.25, 0.3) is 0 Å². The van der Waals surface area contributed by atoms with Crippen LogP contribution < -0.4 is 5.32 Å². The molecule has 1 aromatic heterocycles. The van der Waals surface area contributed by atoms with Crippen LogP contribution in [0.2, 0.25) is 0 Å². The molecule has 5 heteroatoms. The number of fused-ring (bicyclic) bond motifs is 1. The molecule has 4 nitrogen and oxygen atoms in total. The molecule has 1 aliphatic rings. The van der Waals surface area contributed by atoms with Gasteiger partial charge in [-0.3, -0.25) is 9.69 Å². The van der Waals surface area contributed by atoms with E-state index in [9.17, 15) is 4.79 Å². The highest BCUT2D eigenvalue weighted by atomic mass is 32.1. The van der Waals surface area contributed by atoms with Crippen LogP contribution in [0, 0.1) is 0 Å². The van der Waals surface area contributed by atoms with Gasteiger partial charge in [0.1, 0.15) is 11.0 Å². The largest absolute Gasteiger partial charge is 0.352 e. The van der Waals surface area contributed by atoms with Crippen molar-refractivity contribution < 1.29 is 4.79 Å². The number of carbonyl (C=O) groups excluding carboxylic acids is 1. The molecule has 1 atom stereocenters. The molecule has 0 saturated heterocycles. The molecule has 0 aliphatic heterocycles. The van der Waals surface area contributed by atoms with E-state index in [2.05, 4.69) is 16.3 Å². The van der Waals surface area contributed by atoms with Crippen LogP contribution >= 0.6 is 11.3 Å². The number of amides is 1. The molecule has 1 amide bonds. The lowest BCUT2D eigenvalue weighted by Crippen LogP contribution is -2.39. The summed E-state index contributed by atoms with van der Waals surface area (Å²) in [4.78, 5) is 19.6. The first-order valence-electron chi connectivity index (χ1n) is 8.61. The van der Waals surface area contributed by atoms with Gasteiger partial charge in [0.15, 0.2) is 0 Å². The van der Waals surface area contributed by atoms with Gasteiger partial charge in [-0.25, -0.2) is 4.98 Å². The number of nitrogens with one attached hydrogen (secondary N) is 1. The molecule has 0 bridgehead atoms. The lowest BCUT2D eigenvalue weighted by molar-refractivity contribution is -0.126. The van der Waals surface area contributed by atoms with Gasteiger partial charge in [-0.15, -0.1) is 11.3 Å². The number of benzene rings is 2. The number of para-hydroxylation sites is 1. The first-order valence-corrected chi connectivity index (χ1v) is 9.42. The molecule has 1 aliphatic carbocycles. The standard InChI is InChI=1S/C20H21N3OS/c1-23(13-18-22-16-9-5-6-10-17(16)25-18)19(14-7-3-2-4-8-14)20(24)21-15-11-12-15/h2-10,15,19H,11-13H2,1H3,(H,21,24)/t19-/m0/s1. The maximum atomic E-state index is 12.8. The van der Waals surface area contributed by atoms with Crippen molar-refractivity contribution in [3.63, 3.8) is 0 Å². The molecule has 4 rings (SSSR count). The second-order valence-electron chi connectivity index (χ2n) is 6.59. The summed E-state index contributed by atoms with van der Waals surface area (Å²) >= 11 is 1.69. The van der Waals surface area contributed by atoms with Crippen molar-refractivity contribution in [3.05, 3.63) is 65.2 Å². The van der Waals surface area contributed by atoms with E-state index in [0.29, 0.717) is 12.6 Å². The normalized spacial score (nSPS) is 15.4. The third-order valence-electron chi connectivity index (χ3n) is 4.45. The Morgan fingerprint density at radius 1 is 1.20 bits per heavy atom. The summed E-state index contributed by atoms with van der Waals surface area (Å²) in [5.41, 5.74) is 2.04. The summed E-state index contributed by atoms with van der Waals surface area (Å²) in [6.07, 6.45) is 2.18. The van der Waals surface area contributed by atoms with Crippen LogP contribution in [0.4, 0.5) is 0 Å². The van der Waals surface area contributed by atoms with Crippen LogP contribution in [0.25, 0.3) is 10.2 Å². The highest BCUT2D eigenvalue weighted by Crippen LogP contribution is 2.27. The molecular formula is C20H21N3OS. The average molecular weight is 351 g/mol. The van der Waals surface area contributed by atoms with E-state index in [0.717, 1.165) is 28.9 Å². The second-order valence-corrected chi connectivity index (χ2v) is 7.70. The van der Waals surface area contributed by atoms with Crippen molar-refractivity contribution in [3.8, 4) is 0 Å². The van der Waals surface area contributed by atoms with Gasteiger partial charge in [-0.2, -0.15) is 0 Å². The van der Waals surface area contributed by atoms with Gasteiger partial charge in [-0.1, -0.05) is 42.5 Å². The highest BCUT2D eigenvalue weighted by molar-refractivity contribution is 7.18. The first kappa shape index (κ1) is 16.2. The molecule has 3 aromatic rings. The van der Waals surface area contributed by atoms with Crippen molar-refractivity contribution in [1.29, 1.82) is 0 Å². The summed E-state index contributed by atoms with van der Waals surface area (Å²) in [5.74, 6) is 0.0808. The number of hydrogen-bond donors (Lipinski definition) is 1. The van der Waals surface area contributed by atoms with Crippen molar-refractivity contribution in [2.24, 2.45) is 0 Å². The molecule has 128 valence electrons. The summed E-state index contributed by atoms with van der Waals surface area (Å²) in [7, 11) is 2.00. The highest BCUT2D eigenvalue weighted by Gasteiger charge is 2.31. The van der Waals surface area contributed by atoms with Crippen LogP contribution in [0.1, 0.15) is 29.5 Å².